The zero-order valence-electron chi connectivity index (χ0n) is 15.0. The molecule has 2 aromatic rings. The lowest BCUT2D eigenvalue weighted by Gasteiger charge is -2.37. The molecule has 0 N–H and O–H groups in total. The number of ether oxygens (including phenoxy) is 2. The summed E-state index contributed by atoms with van der Waals surface area (Å²) in [6, 6.07) is 13.0. The van der Waals surface area contributed by atoms with Gasteiger partial charge in [-0.05, 0) is 61.7 Å². The Morgan fingerprint density at radius 2 is 1.80 bits per heavy atom. The fraction of sp³-hybridized carbons (Fsp3) is 0.429. The first-order valence-electron chi connectivity index (χ1n) is 8.86. The van der Waals surface area contributed by atoms with Crippen LogP contribution in [0.2, 0.25) is 5.02 Å². The van der Waals surface area contributed by atoms with E-state index in [9.17, 15) is 0 Å². The molecule has 0 spiro atoms. The zero-order valence-corrected chi connectivity index (χ0v) is 15.7. The van der Waals surface area contributed by atoms with Gasteiger partial charge in [-0.3, -0.25) is 4.90 Å². The van der Waals surface area contributed by atoms with Crippen molar-refractivity contribution in [2.45, 2.75) is 24.8 Å². The molecule has 0 amide bonds. The van der Waals surface area contributed by atoms with Gasteiger partial charge in [0.25, 0.3) is 0 Å². The second kappa shape index (κ2) is 6.54. The van der Waals surface area contributed by atoms with Crippen molar-refractivity contribution in [1.82, 2.24) is 4.90 Å². The molecule has 3 unspecified atom stereocenters. The van der Waals surface area contributed by atoms with E-state index in [1.54, 1.807) is 14.2 Å². The van der Waals surface area contributed by atoms with Crippen LogP contribution in [-0.4, -0.2) is 32.7 Å². The molecule has 4 rings (SSSR count). The Morgan fingerprint density at radius 3 is 2.48 bits per heavy atom. The molecule has 25 heavy (non-hydrogen) atoms. The van der Waals surface area contributed by atoms with Crippen molar-refractivity contribution in [2.24, 2.45) is 5.92 Å². The number of rotatable bonds is 3. The lowest BCUT2D eigenvalue weighted by atomic mass is 9.80. The Hall–Kier alpha value is -1.71. The number of hydrogen-bond donors (Lipinski definition) is 0. The quantitative estimate of drug-likeness (QED) is 0.781. The van der Waals surface area contributed by atoms with Crippen LogP contribution in [0.3, 0.4) is 0 Å². The van der Waals surface area contributed by atoms with E-state index in [0.717, 1.165) is 23.1 Å². The van der Waals surface area contributed by atoms with Crippen LogP contribution in [0.1, 0.15) is 41.5 Å². The average molecular weight is 358 g/mol. The van der Waals surface area contributed by atoms with Crippen molar-refractivity contribution in [3.05, 3.63) is 58.1 Å². The number of hydrogen-bond acceptors (Lipinski definition) is 3. The molecule has 4 heteroatoms. The molecule has 1 heterocycles. The Labute approximate surface area is 154 Å². The molecule has 3 atom stereocenters. The standard InChI is InChI=1S/C21H24ClNO2/c1-23-12-4-5-15-18(13-6-8-14(22)9-7-13)19-16(20(15)23)10-11-17(24-2)21(19)25-3/h6-11,15,18,20H,4-5,12H2,1-3H3. The fourth-order valence-corrected chi connectivity index (χ4v) is 4.99. The summed E-state index contributed by atoms with van der Waals surface area (Å²) in [6.07, 6.45) is 2.46. The minimum absolute atomic E-state index is 0.310. The number of nitrogens with zero attached hydrogens (tertiary/aromatic N) is 1. The lowest BCUT2D eigenvalue weighted by molar-refractivity contribution is 0.127. The first kappa shape index (κ1) is 16.7. The van der Waals surface area contributed by atoms with Crippen molar-refractivity contribution in [2.75, 3.05) is 27.8 Å². The summed E-state index contributed by atoms with van der Waals surface area (Å²) in [4.78, 5) is 2.49. The maximum absolute atomic E-state index is 6.13. The fourth-order valence-electron chi connectivity index (χ4n) is 4.86. The van der Waals surface area contributed by atoms with Gasteiger partial charge in [0.05, 0.1) is 14.2 Å². The maximum Gasteiger partial charge on any atom is 0.164 e. The topological polar surface area (TPSA) is 21.7 Å². The molecule has 1 fully saturated rings. The molecule has 1 aliphatic carbocycles. The number of benzene rings is 2. The van der Waals surface area contributed by atoms with Gasteiger partial charge < -0.3 is 9.47 Å². The Morgan fingerprint density at radius 1 is 1.04 bits per heavy atom. The summed E-state index contributed by atoms with van der Waals surface area (Å²) in [7, 11) is 5.68. The third-order valence-electron chi connectivity index (χ3n) is 5.83. The zero-order chi connectivity index (χ0) is 17.6. The van der Waals surface area contributed by atoms with Crippen molar-refractivity contribution < 1.29 is 9.47 Å². The molecule has 132 valence electrons. The van der Waals surface area contributed by atoms with Gasteiger partial charge in [0, 0.05) is 22.5 Å². The van der Waals surface area contributed by atoms with Crippen LogP contribution in [0.15, 0.2) is 36.4 Å². The van der Waals surface area contributed by atoms with Crippen molar-refractivity contribution in [3.63, 3.8) is 0 Å². The first-order chi connectivity index (χ1) is 12.2. The molecule has 1 saturated heterocycles. The third kappa shape index (κ3) is 2.61. The molecular formula is C21H24ClNO2. The van der Waals surface area contributed by atoms with E-state index in [2.05, 4.69) is 30.1 Å². The van der Waals surface area contributed by atoms with E-state index >= 15 is 0 Å². The number of piperidine rings is 1. The molecule has 2 aromatic carbocycles. The van der Waals surface area contributed by atoms with Crippen LogP contribution in [0, 0.1) is 5.92 Å². The van der Waals surface area contributed by atoms with E-state index in [4.69, 9.17) is 21.1 Å². The highest BCUT2D eigenvalue weighted by Crippen LogP contribution is 2.58. The van der Waals surface area contributed by atoms with Gasteiger partial charge >= 0.3 is 0 Å². The first-order valence-corrected chi connectivity index (χ1v) is 9.24. The summed E-state index contributed by atoms with van der Waals surface area (Å²) in [5.41, 5.74) is 3.97. The molecule has 0 aromatic heterocycles. The number of halogens is 1. The largest absolute Gasteiger partial charge is 0.493 e. The number of fused-ring (bicyclic) bond motifs is 3. The molecule has 0 saturated carbocycles. The minimum Gasteiger partial charge on any atom is -0.493 e. The van der Waals surface area contributed by atoms with Crippen molar-refractivity contribution in [1.29, 1.82) is 0 Å². The van der Waals surface area contributed by atoms with Gasteiger partial charge in [-0.25, -0.2) is 0 Å². The van der Waals surface area contributed by atoms with Crippen molar-refractivity contribution in [3.8, 4) is 11.5 Å². The maximum atomic E-state index is 6.13. The van der Waals surface area contributed by atoms with E-state index in [-0.39, 0.29) is 0 Å². The molecule has 0 radical (unpaired) electrons. The normalized spacial score (nSPS) is 25.4. The Balaban J connectivity index is 1.93. The highest BCUT2D eigenvalue weighted by molar-refractivity contribution is 6.30. The second-order valence-corrected chi connectivity index (χ2v) is 7.50. The minimum atomic E-state index is 0.310. The predicted octanol–water partition coefficient (Wildman–Crippen LogP) is 4.89. The monoisotopic (exact) mass is 357 g/mol. The van der Waals surface area contributed by atoms with Crippen LogP contribution in [0.25, 0.3) is 0 Å². The van der Waals surface area contributed by atoms with Gasteiger partial charge in [0.2, 0.25) is 0 Å². The van der Waals surface area contributed by atoms with Gasteiger partial charge in [0.15, 0.2) is 11.5 Å². The summed E-state index contributed by atoms with van der Waals surface area (Å²) >= 11 is 6.13. The second-order valence-electron chi connectivity index (χ2n) is 7.06. The summed E-state index contributed by atoms with van der Waals surface area (Å²) in [5, 5.41) is 0.775. The predicted molar refractivity (Wildman–Crippen MR) is 101 cm³/mol. The Kier molecular flexibility index (Phi) is 4.38. The highest BCUT2D eigenvalue weighted by Gasteiger charge is 2.46. The van der Waals surface area contributed by atoms with E-state index in [1.807, 2.05) is 18.2 Å². The van der Waals surface area contributed by atoms with Crippen LogP contribution >= 0.6 is 11.6 Å². The Bertz CT molecular complexity index is 774. The summed E-state index contributed by atoms with van der Waals surface area (Å²) < 4.78 is 11.4. The van der Waals surface area contributed by atoms with Gasteiger partial charge in [0.1, 0.15) is 0 Å². The SMILES string of the molecule is COc1ccc2c(c1OC)C(c1ccc(Cl)cc1)C1CCCN(C)C21. The van der Waals surface area contributed by atoms with E-state index in [0.29, 0.717) is 17.9 Å². The third-order valence-corrected chi connectivity index (χ3v) is 6.09. The smallest absolute Gasteiger partial charge is 0.164 e. The average Bonchev–Trinajstić information content (AvgIpc) is 2.97. The summed E-state index contributed by atoms with van der Waals surface area (Å²) in [5.74, 6) is 2.55. The molecule has 0 bridgehead atoms. The van der Waals surface area contributed by atoms with Crippen LogP contribution in [0.5, 0.6) is 11.5 Å². The van der Waals surface area contributed by atoms with Crippen molar-refractivity contribution >= 4 is 11.6 Å². The highest BCUT2D eigenvalue weighted by atomic mass is 35.5. The lowest BCUT2D eigenvalue weighted by Crippen LogP contribution is -2.34. The molecular weight excluding hydrogens is 334 g/mol. The van der Waals surface area contributed by atoms with Gasteiger partial charge in [-0.1, -0.05) is 29.8 Å². The molecule has 2 aliphatic rings. The van der Waals surface area contributed by atoms with Gasteiger partial charge in [-0.2, -0.15) is 0 Å². The number of methoxy groups -OCH3 is 2. The van der Waals surface area contributed by atoms with Crippen LogP contribution < -0.4 is 9.47 Å². The molecule has 1 aliphatic heterocycles. The van der Waals surface area contributed by atoms with E-state index in [1.165, 1.54) is 29.5 Å². The van der Waals surface area contributed by atoms with Crippen LogP contribution in [-0.2, 0) is 0 Å². The van der Waals surface area contributed by atoms with E-state index < -0.39 is 0 Å². The van der Waals surface area contributed by atoms with Crippen LogP contribution in [0.4, 0.5) is 0 Å². The number of likely N-dealkylation sites (tertiary alicyclic amines) is 1. The van der Waals surface area contributed by atoms with Gasteiger partial charge in [-0.15, -0.1) is 0 Å². The summed E-state index contributed by atoms with van der Waals surface area (Å²) in [6.45, 7) is 1.14. The molecule has 3 nitrogen and oxygen atoms in total.